The van der Waals surface area contributed by atoms with E-state index in [0.29, 0.717) is 5.92 Å². The molecule has 1 aromatic rings. The van der Waals surface area contributed by atoms with E-state index in [-0.39, 0.29) is 18.0 Å². The molecule has 0 aromatic carbocycles. The first-order valence-corrected chi connectivity index (χ1v) is 7.23. The lowest BCUT2D eigenvalue weighted by Gasteiger charge is -2.34. The molecule has 1 aromatic heterocycles. The average molecular weight is 281 g/mol. The van der Waals surface area contributed by atoms with E-state index in [9.17, 15) is 9.50 Å². The zero-order valence-electron chi connectivity index (χ0n) is 12.2. The first kappa shape index (κ1) is 15.4. The van der Waals surface area contributed by atoms with Crippen LogP contribution in [0.5, 0.6) is 0 Å². The fourth-order valence-electron chi connectivity index (χ4n) is 2.76. The molecule has 0 spiro atoms. The van der Waals surface area contributed by atoms with E-state index in [2.05, 4.69) is 22.2 Å². The lowest BCUT2D eigenvalue weighted by Crippen LogP contribution is -2.38. The molecule has 1 aliphatic rings. The topological polar surface area (TPSA) is 48.4 Å². The van der Waals surface area contributed by atoms with E-state index < -0.39 is 0 Å². The summed E-state index contributed by atoms with van der Waals surface area (Å²) >= 11 is 0. The Morgan fingerprint density at radius 2 is 2.25 bits per heavy atom. The van der Waals surface area contributed by atoms with Gasteiger partial charge in [-0.1, -0.05) is 0 Å². The predicted molar refractivity (Wildman–Crippen MR) is 76.8 cm³/mol. The average Bonchev–Trinajstić information content (AvgIpc) is 2.39. The summed E-state index contributed by atoms with van der Waals surface area (Å²) in [6, 6.07) is 3.33. The van der Waals surface area contributed by atoms with Crippen molar-refractivity contribution in [2.24, 2.45) is 5.92 Å². The minimum atomic E-state index is -0.302. The maximum Gasteiger partial charge on any atom is 0.141 e. The number of aromatic nitrogens is 1. The normalized spacial score (nSPS) is 23.6. The van der Waals surface area contributed by atoms with Crippen LogP contribution in [0.3, 0.4) is 0 Å². The molecule has 0 saturated heterocycles. The molecule has 1 fully saturated rings. The highest BCUT2D eigenvalue weighted by Crippen LogP contribution is 2.27. The van der Waals surface area contributed by atoms with E-state index >= 15 is 0 Å². The fourth-order valence-corrected chi connectivity index (χ4v) is 2.76. The van der Waals surface area contributed by atoms with E-state index in [1.54, 1.807) is 6.07 Å². The number of rotatable bonds is 7. The van der Waals surface area contributed by atoms with Crippen LogP contribution in [-0.4, -0.2) is 48.3 Å². The molecule has 1 saturated carbocycles. The molecule has 2 rings (SSSR count). The van der Waals surface area contributed by atoms with Crippen molar-refractivity contribution in [1.29, 1.82) is 0 Å². The van der Waals surface area contributed by atoms with E-state index in [1.165, 1.54) is 12.3 Å². The Morgan fingerprint density at radius 1 is 1.50 bits per heavy atom. The van der Waals surface area contributed by atoms with Gasteiger partial charge in [-0.2, -0.15) is 0 Å². The van der Waals surface area contributed by atoms with E-state index in [0.717, 1.165) is 38.0 Å². The molecule has 5 heteroatoms. The summed E-state index contributed by atoms with van der Waals surface area (Å²) in [7, 11) is 4.01. The molecule has 2 N–H and O–H groups in total. The fraction of sp³-hybridized carbons (Fsp3) is 0.667. The van der Waals surface area contributed by atoms with Gasteiger partial charge in [-0.15, -0.1) is 0 Å². The Kier molecular flexibility index (Phi) is 5.46. The number of pyridine rings is 1. The highest BCUT2D eigenvalue weighted by Gasteiger charge is 2.27. The lowest BCUT2D eigenvalue weighted by molar-refractivity contribution is 0.0279. The van der Waals surface area contributed by atoms with E-state index in [4.69, 9.17) is 0 Å². The van der Waals surface area contributed by atoms with Crippen LogP contribution in [0.1, 0.15) is 31.0 Å². The molecule has 0 aliphatic heterocycles. The van der Waals surface area contributed by atoms with Gasteiger partial charge in [0, 0.05) is 6.54 Å². The van der Waals surface area contributed by atoms with Crippen molar-refractivity contribution in [2.45, 2.75) is 31.4 Å². The number of nitrogens with zero attached hydrogens (tertiary/aromatic N) is 2. The van der Waals surface area contributed by atoms with Crippen LogP contribution in [0.25, 0.3) is 0 Å². The molecule has 0 radical (unpaired) electrons. The molecule has 1 heterocycles. The van der Waals surface area contributed by atoms with Crippen molar-refractivity contribution in [3.05, 3.63) is 29.8 Å². The summed E-state index contributed by atoms with van der Waals surface area (Å²) in [5.41, 5.74) is 0.876. The first-order chi connectivity index (χ1) is 9.58. The van der Waals surface area contributed by atoms with Crippen LogP contribution in [0.15, 0.2) is 18.3 Å². The summed E-state index contributed by atoms with van der Waals surface area (Å²) in [4.78, 5) is 6.43. The molecule has 1 aliphatic carbocycles. The molecular weight excluding hydrogens is 257 g/mol. The van der Waals surface area contributed by atoms with Gasteiger partial charge in [0.2, 0.25) is 0 Å². The van der Waals surface area contributed by atoms with Crippen LogP contribution in [-0.2, 0) is 0 Å². The van der Waals surface area contributed by atoms with E-state index in [1.807, 2.05) is 7.05 Å². The van der Waals surface area contributed by atoms with Gasteiger partial charge in [0.05, 0.1) is 24.0 Å². The zero-order valence-corrected chi connectivity index (χ0v) is 12.2. The second-order valence-electron chi connectivity index (χ2n) is 5.78. The SMILES string of the molecule is CNC(CCN(C)CC1CC(O)C1)c1ccc(F)cn1. The molecule has 0 bridgehead atoms. The van der Waals surface area contributed by atoms with Gasteiger partial charge in [0.25, 0.3) is 0 Å². The smallest absolute Gasteiger partial charge is 0.141 e. The summed E-state index contributed by atoms with van der Waals surface area (Å²) in [6.45, 7) is 1.99. The highest BCUT2D eigenvalue weighted by atomic mass is 19.1. The Bertz CT molecular complexity index is 406. The standard InChI is InChI=1S/C15H24FN3O/c1-17-14(15-4-3-12(16)9-18-15)5-6-19(2)10-11-7-13(20)8-11/h3-4,9,11,13-14,17,20H,5-8,10H2,1-2H3. The minimum absolute atomic E-state index is 0.0816. The van der Waals surface area contributed by atoms with Crippen molar-refractivity contribution in [1.82, 2.24) is 15.2 Å². The molecule has 1 atom stereocenters. The summed E-state index contributed by atoms with van der Waals surface area (Å²) in [5, 5.41) is 12.5. The Labute approximate surface area is 120 Å². The summed E-state index contributed by atoms with van der Waals surface area (Å²) in [5.74, 6) is 0.330. The van der Waals surface area contributed by atoms with Gasteiger partial charge in [-0.3, -0.25) is 4.98 Å². The van der Waals surface area contributed by atoms with Crippen molar-refractivity contribution >= 4 is 0 Å². The number of nitrogens with one attached hydrogen (secondary N) is 1. The van der Waals surface area contributed by atoms with Crippen molar-refractivity contribution in [3.8, 4) is 0 Å². The van der Waals surface area contributed by atoms with Crippen LogP contribution in [0.2, 0.25) is 0 Å². The molecule has 4 nitrogen and oxygen atoms in total. The van der Waals surface area contributed by atoms with Crippen LogP contribution in [0.4, 0.5) is 4.39 Å². The monoisotopic (exact) mass is 281 g/mol. The van der Waals surface area contributed by atoms with Gasteiger partial charge in [0.1, 0.15) is 5.82 Å². The number of hydrogen-bond acceptors (Lipinski definition) is 4. The second kappa shape index (κ2) is 7.11. The van der Waals surface area contributed by atoms with Gasteiger partial charge in [-0.25, -0.2) is 4.39 Å². The molecule has 0 amide bonds. The van der Waals surface area contributed by atoms with Gasteiger partial charge in [0.15, 0.2) is 0 Å². The van der Waals surface area contributed by atoms with Crippen molar-refractivity contribution in [3.63, 3.8) is 0 Å². The zero-order chi connectivity index (χ0) is 14.5. The lowest BCUT2D eigenvalue weighted by atomic mass is 9.82. The number of hydrogen-bond donors (Lipinski definition) is 2. The summed E-state index contributed by atoms with van der Waals surface area (Å²) in [6.07, 6.45) is 3.97. The van der Waals surface area contributed by atoms with Crippen molar-refractivity contribution < 1.29 is 9.50 Å². The number of aliphatic hydroxyl groups excluding tert-OH is 1. The third-order valence-electron chi connectivity index (χ3n) is 4.04. The first-order valence-electron chi connectivity index (χ1n) is 7.23. The molecule has 20 heavy (non-hydrogen) atoms. The van der Waals surface area contributed by atoms with Crippen LogP contribution < -0.4 is 5.32 Å². The predicted octanol–water partition coefficient (Wildman–Crippen LogP) is 1.57. The maximum absolute atomic E-state index is 12.9. The minimum Gasteiger partial charge on any atom is -0.393 e. The van der Waals surface area contributed by atoms with Crippen LogP contribution >= 0.6 is 0 Å². The number of halogens is 1. The third-order valence-corrected chi connectivity index (χ3v) is 4.04. The third kappa shape index (κ3) is 4.23. The maximum atomic E-state index is 12.9. The largest absolute Gasteiger partial charge is 0.393 e. The molecular formula is C15H24FN3O. The van der Waals surface area contributed by atoms with Gasteiger partial charge >= 0.3 is 0 Å². The number of aliphatic hydroxyl groups is 1. The Hall–Kier alpha value is -1.04. The highest BCUT2D eigenvalue weighted by molar-refractivity contribution is 5.09. The van der Waals surface area contributed by atoms with Gasteiger partial charge < -0.3 is 15.3 Å². The van der Waals surface area contributed by atoms with Gasteiger partial charge in [-0.05, 0) is 58.0 Å². The second-order valence-corrected chi connectivity index (χ2v) is 5.78. The summed E-state index contributed by atoms with van der Waals surface area (Å²) < 4.78 is 12.9. The Balaban J connectivity index is 1.76. The molecule has 1 unspecified atom stereocenters. The quantitative estimate of drug-likeness (QED) is 0.796. The molecule has 112 valence electrons. The van der Waals surface area contributed by atoms with Crippen molar-refractivity contribution in [2.75, 3.05) is 27.2 Å². The van der Waals surface area contributed by atoms with Crippen LogP contribution in [0, 0.1) is 11.7 Å². The Morgan fingerprint density at radius 3 is 2.80 bits per heavy atom.